The molecule has 0 aliphatic carbocycles. The van der Waals surface area contributed by atoms with E-state index in [1.807, 2.05) is 0 Å². The zero-order valence-electron chi connectivity index (χ0n) is 10.6. The summed E-state index contributed by atoms with van der Waals surface area (Å²) >= 11 is 0. The Kier molecular flexibility index (Phi) is 4.36. The van der Waals surface area contributed by atoms with Gasteiger partial charge in [0.15, 0.2) is 0 Å². The molecular weight excluding hydrogens is 293 g/mol. The van der Waals surface area contributed by atoms with Crippen LogP contribution in [0.2, 0.25) is 0 Å². The first-order chi connectivity index (χ1) is 9.28. The summed E-state index contributed by atoms with van der Waals surface area (Å²) in [6.45, 7) is 1.08. The topological polar surface area (TPSA) is 58.2 Å². The third kappa shape index (κ3) is 3.94. The second kappa shape index (κ2) is 5.71. The van der Waals surface area contributed by atoms with Crippen molar-refractivity contribution < 1.29 is 21.6 Å². The minimum atomic E-state index is -4.26. The first-order valence-electron chi connectivity index (χ1n) is 6.17. The molecule has 0 fully saturated rings. The summed E-state index contributed by atoms with van der Waals surface area (Å²) in [6.07, 6.45) is -5.52. The first kappa shape index (κ1) is 15.3. The molecule has 2 rings (SSSR count). The van der Waals surface area contributed by atoms with Crippen molar-refractivity contribution in [2.45, 2.75) is 37.0 Å². The molecule has 0 amide bonds. The number of halogens is 3. The van der Waals surface area contributed by atoms with Gasteiger partial charge in [-0.2, -0.15) is 13.2 Å². The van der Waals surface area contributed by atoms with Crippen molar-refractivity contribution in [3.63, 3.8) is 0 Å². The van der Waals surface area contributed by atoms with Crippen LogP contribution >= 0.6 is 0 Å². The number of benzene rings is 1. The summed E-state index contributed by atoms with van der Waals surface area (Å²) in [4.78, 5) is 0.0898. The van der Waals surface area contributed by atoms with Gasteiger partial charge in [-0.3, -0.25) is 0 Å². The van der Waals surface area contributed by atoms with Gasteiger partial charge in [0.05, 0.1) is 4.90 Å². The van der Waals surface area contributed by atoms with Gasteiger partial charge in [0.2, 0.25) is 10.0 Å². The number of sulfonamides is 1. The fraction of sp³-hybridized carbons (Fsp3) is 0.500. The second-order valence-electron chi connectivity index (χ2n) is 4.65. The van der Waals surface area contributed by atoms with Crippen molar-refractivity contribution in [1.82, 2.24) is 10.0 Å². The van der Waals surface area contributed by atoms with E-state index in [0.29, 0.717) is 13.1 Å². The molecule has 1 aliphatic rings. The first-order valence-corrected chi connectivity index (χ1v) is 7.65. The fourth-order valence-corrected chi connectivity index (χ4v) is 3.14. The van der Waals surface area contributed by atoms with Gasteiger partial charge in [-0.25, -0.2) is 13.1 Å². The number of nitrogens with one attached hydrogen (secondary N) is 2. The number of rotatable bonds is 5. The van der Waals surface area contributed by atoms with Crippen LogP contribution in [0.15, 0.2) is 23.1 Å². The highest BCUT2D eigenvalue weighted by Gasteiger charge is 2.26. The van der Waals surface area contributed by atoms with Crippen molar-refractivity contribution in [3.05, 3.63) is 29.3 Å². The molecule has 8 heteroatoms. The Labute approximate surface area is 115 Å². The lowest BCUT2D eigenvalue weighted by Crippen LogP contribution is -2.26. The summed E-state index contributed by atoms with van der Waals surface area (Å²) in [5, 5.41) is 3.10. The summed E-state index contributed by atoms with van der Waals surface area (Å²) in [6, 6.07) is 4.75. The summed E-state index contributed by atoms with van der Waals surface area (Å²) in [5.74, 6) is 0. The molecule has 0 aromatic heterocycles. The fourth-order valence-electron chi connectivity index (χ4n) is 2.02. The molecule has 1 aliphatic heterocycles. The van der Waals surface area contributed by atoms with E-state index in [1.54, 1.807) is 12.1 Å². The highest BCUT2D eigenvalue weighted by atomic mass is 32.2. The molecular formula is C12H15F3N2O2S. The van der Waals surface area contributed by atoms with Crippen LogP contribution in [0.4, 0.5) is 13.2 Å². The van der Waals surface area contributed by atoms with Crippen LogP contribution < -0.4 is 10.0 Å². The maximum absolute atomic E-state index is 12.0. The van der Waals surface area contributed by atoms with Gasteiger partial charge < -0.3 is 5.32 Å². The molecule has 20 heavy (non-hydrogen) atoms. The SMILES string of the molecule is O=S(=O)(NCCCC(F)(F)F)c1ccc2c(c1)CNC2. The van der Waals surface area contributed by atoms with Crippen molar-refractivity contribution >= 4 is 10.0 Å². The Morgan fingerprint density at radius 2 is 1.90 bits per heavy atom. The normalized spacial score (nSPS) is 15.3. The molecule has 112 valence electrons. The minimum Gasteiger partial charge on any atom is -0.309 e. The molecule has 0 atom stereocenters. The third-order valence-corrected chi connectivity index (χ3v) is 4.51. The average molecular weight is 308 g/mol. The minimum absolute atomic E-state index is 0.0898. The Balaban J connectivity index is 1.97. The molecule has 1 heterocycles. The van der Waals surface area contributed by atoms with E-state index in [2.05, 4.69) is 10.0 Å². The molecule has 0 spiro atoms. The lowest BCUT2D eigenvalue weighted by atomic mass is 10.1. The van der Waals surface area contributed by atoms with Gasteiger partial charge in [-0.1, -0.05) is 6.07 Å². The van der Waals surface area contributed by atoms with Crippen molar-refractivity contribution in [2.75, 3.05) is 6.54 Å². The van der Waals surface area contributed by atoms with Gasteiger partial charge in [0.25, 0.3) is 0 Å². The number of alkyl halides is 3. The predicted octanol–water partition coefficient (Wildman–Crippen LogP) is 1.91. The largest absolute Gasteiger partial charge is 0.389 e. The molecule has 0 saturated carbocycles. The van der Waals surface area contributed by atoms with Crippen molar-refractivity contribution in [1.29, 1.82) is 0 Å². The highest BCUT2D eigenvalue weighted by Crippen LogP contribution is 2.22. The Bertz CT molecular complexity index is 585. The lowest BCUT2D eigenvalue weighted by Gasteiger charge is -2.09. The van der Waals surface area contributed by atoms with E-state index in [1.165, 1.54) is 6.07 Å². The second-order valence-corrected chi connectivity index (χ2v) is 6.42. The van der Waals surface area contributed by atoms with Gasteiger partial charge in [0, 0.05) is 26.1 Å². The molecule has 1 aromatic rings. The van der Waals surface area contributed by atoms with Crippen LogP contribution in [0.5, 0.6) is 0 Å². The molecule has 4 nitrogen and oxygen atoms in total. The number of fused-ring (bicyclic) bond motifs is 1. The van der Waals surface area contributed by atoms with Crippen LogP contribution in [-0.2, 0) is 23.1 Å². The van der Waals surface area contributed by atoms with E-state index in [-0.39, 0.29) is 17.9 Å². The number of hydrogen-bond donors (Lipinski definition) is 2. The zero-order valence-corrected chi connectivity index (χ0v) is 11.4. The van der Waals surface area contributed by atoms with E-state index < -0.39 is 22.6 Å². The monoisotopic (exact) mass is 308 g/mol. The third-order valence-electron chi connectivity index (χ3n) is 3.05. The maximum Gasteiger partial charge on any atom is 0.389 e. The van der Waals surface area contributed by atoms with E-state index in [0.717, 1.165) is 11.1 Å². The molecule has 0 unspecified atom stereocenters. The van der Waals surface area contributed by atoms with Crippen LogP contribution in [-0.4, -0.2) is 21.1 Å². The van der Waals surface area contributed by atoms with Crippen LogP contribution in [0, 0.1) is 0 Å². The van der Waals surface area contributed by atoms with Crippen LogP contribution in [0.1, 0.15) is 24.0 Å². The van der Waals surface area contributed by atoms with Gasteiger partial charge in [0.1, 0.15) is 0 Å². The van der Waals surface area contributed by atoms with E-state index in [4.69, 9.17) is 0 Å². The van der Waals surface area contributed by atoms with Gasteiger partial charge in [-0.15, -0.1) is 0 Å². The Morgan fingerprint density at radius 1 is 1.20 bits per heavy atom. The van der Waals surface area contributed by atoms with E-state index in [9.17, 15) is 21.6 Å². The Morgan fingerprint density at radius 3 is 2.60 bits per heavy atom. The predicted molar refractivity (Wildman–Crippen MR) is 67.5 cm³/mol. The van der Waals surface area contributed by atoms with Crippen molar-refractivity contribution in [2.24, 2.45) is 0 Å². The maximum atomic E-state index is 12.0. The molecule has 1 aromatic carbocycles. The van der Waals surface area contributed by atoms with Crippen LogP contribution in [0.25, 0.3) is 0 Å². The van der Waals surface area contributed by atoms with Gasteiger partial charge >= 0.3 is 6.18 Å². The Hall–Kier alpha value is -1.12. The number of hydrogen-bond acceptors (Lipinski definition) is 3. The standard InChI is InChI=1S/C12H15F3N2O2S/c13-12(14,15)4-1-5-17-20(18,19)11-3-2-9-7-16-8-10(9)6-11/h2-3,6,16-17H,1,4-5,7-8H2. The zero-order chi connectivity index (χ0) is 14.8. The lowest BCUT2D eigenvalue weighted by molar-refractivity contribution is -0.135. The average Bonchev–Trinajstić information content (AvgIpc) is 2.80. The molecule has 0 bridgehead atoms. The summed E-state index contributed by atoms with van der Waals surface area (Å²) < 4.78 is 62.0. The summed E-state index contributed by atoms with van der Waals surface area (Å²) in [5.41, 5.74) is 1.95. The van der Waals surface area contributed by atoms with E-state index >= 15 is 0 Å². The summed E-state index contributed by atoms with van der Waals surface area (Å²) in [7, 11) is -3.74. The van der Waals surface area contributed by atoms with Gasteiger partial charge in [-0.05, 0) is 29.7 Å². The highest BCUT2D eigenvalue weighted by molar-refractivity contribution is 7.89. The molecule has 0 radical (unpaired) electrons. The quantitative estimate of drug-likeness (QED) is 0.817. The van der Waals surface area contributed by atoms with Crippen molar-refractivity contribution in [3.8, 4) is 0 Å². The van der Waals surface area contributed by atoms with Crippen LogP contribution in [0.3, 0.4) is 0 Å². The smallest absolute Gasteiger partial charge is 0.309 e. The molecule has 0 saturated heterocycles. The molecule has 2 N–H and O–H groups in total.